The van der Waals surface area contributed by atoms with Gasteiger partial charge in [0.2, 0.25) is 5.91 Å². The third-order valence-electron chi connectivity index (χ3n) is 6.47. The SMILES string of the molecule is O=C(CC(c1ccccc1)c1ccccc1O)NCC1(c2ccccc2)CCCC1. The molecule has 0 radical (unpaired) electrons. The van der Waals surface area contributed by atoms with Crippen LogP contribution in [0.1, 0.15) is 54.7 Å². The summed E-state index contributed by atoms with van der Waals surface area (Å²) in [6, 6.07) is 27.9. The maximum Gasteiger partial charge on any atom is 0.220 e. The van der Waals surface area contributed by atoms with Gasteiger partial charge in [0.15, 0.2) is 0 Å². The summed E-state index contributed by atoms with van der Waals surface area (Å²) in [5.74, 6) is 0.0775. The molecule has 1 saturated carbocycles. The van der Waals surface area contributed by atoms with Crippen molar-refractivity contribution in [1.82, 2.24) is 5.32 Å². The molecule has 30 heavy (non-hydrogen) atoms. The Hall–Kier alpha value is -3.07. The van der Waals surface area contributed by atoms with Crippen molar-refractivity contribution >= 4 is 5.91 Å². The summed E-state index contributed by atoms with van der Waals surface area (Å²) in [5, 5.41) is 13.6. The highest BCUT2D eigenvalue weighted by Gasteiger charge is 2.36. The fourth-order valence-corrected chi connectivity index (χ4v) is 4.81. The predicted octanol–water partition coefficient (Wildman–Crippen LogP) is 5.54. The van der Waals surface area contributed by atoms with Gasteiger partial charge in [0.05, 0.1) is 0 Å². The van der Waals surface area contributed by atoms with Gasteiger partial charge >= 0.3 is 0 Å². The lowest BCUT2D eigenvalue weighted by atomic mass is 9.78. The number of hydrogen-bond donors (Lipinski definition) is 2. The minimum Gasteiger partial charge on any atom is -0.508 e. The normalized spacial score (nSPS) is 16.1. The molecule has 1 aliphatic rings. The first-order valence-corrected chi connectivity index (χ1v) is 10.8. The average Bonchev–Trinajstić information content (AvgIpc) is 3.28. The van der Waals surface area contributed by atoms with Crippen LogP contribution in [-0.2, 0) is 10.2 Å². The van der Waals surface area contributed by atoms with Gasteiger partial charge in [-0.25, -0.2) is 0 Å². The molecule has 154 valence electrons. The lowest BCUT2D eigenvalue weighted by Gasteiger charge is -2.30. The summed E-state index contributed by atoms with van der Waals surface area (Å²) < 4.78 is 0. The Balaban J connectivity index is 1.51. The maximum absolute atomic E-state index is 13.0. The molecule has 3 nitrogen and oxygen atoms in total. The van der Waals surface area contributed by atoms with Crippen LogP contribution in [0.4, 0.5) is 0 Å². The Labute approximate surface area is 178 Å². The fourth-order valence-electron chi connectivity index (χ4n) is 4.81. The number of para-hydroxylation sites is 1. The third-order valence-corrected chi connectivity index (χ3v) is 6.47. The van der Waals surface area contributed by atoms with E-state index in [1.165, 1.54) is 18.4 Å². The van der Waals surface area contributed by atoms with Crippen molar-refractivity contribution in [3.63, 3.8) is 0 Å². The van der Waals surface area contributed by atoms with E-state index in [4.69, 9.17) is 0 Å². The molecule has 1 aliphatic carbocycles. The Morgan fingerprint density at radius 3 is 2.13 bits per heavy atom. The van der Waals surface area contributed by atoms with Gasteiger partial charge in [-0.3, -0.25) is 4.79 Å². The minimum atomic E-state index is -0.177. The van der Waals surface area contributed by atoms with Crippen LogP contribution < -0.4 is 5.32 Å². The van der Waals surface area contributed by atoms with Crippen molar-refractivity contribution in [2.45, 2.75) is 43.4 Å². The van der Waals surface area contributed by atoms with E-state index in [0.29, 0.717) is 13.0 Å². The van der Waals surface area contributed by atoms with Crippen LogP contribution in [0.2, 0.25) is 0 Å². The zero-order valence-corrected chi connectivity index (χ0v) is 17.3. The van der Waals surface area contributed by atoms with E-state index in [1.54, 1.807) is 6.07 Å². The van der Waals surface area contributed by atoms with Gasteiger partial charge < -0.3 is 10.4 Å². The molecule has 0 saturated heterocycles. The standard InChI is InChI=1S/C27H29NO2/c29-25-16-8-7-15-23(25)24(21-11-3-1-4-12-21)19-26(30)28-20-27(17-9-10-18-27)22-13-5-2-6-14-22/h1-8,11-16,24,29H,9-10,17-20H2,(H,28,30). The number of aromatic hydroxyl groups is 1. The molecule has 1 atom stereocenters. The van der Waals surface area contributed by atoms with Gasteiger partial charge in [-0.2, -0.15) is 0 Å². The second-order valence-corrected chi connectivity index (χ2v) is 8.36. The molecule has 3 aromatic carbocycles. The monoisotopic (exact) mass is 399 g/mol. The van der Waals surface area contributed by atoms with Gasteiger partial charge in [0, 0.05) is 29.9 Å². The number of rotatable bonds is 7. The number of carbonyl (C=O) groups excluding carboxylic acids is 1. The lowest BCUT2D eigenvalue weighted by molar-refractivity contribution is -0.121. The Bertz CT molecular complexity index is 962. The largest absolute Gasteiger partial charge is 0.508 e. The van der Waals surface area contributed by atoms with Gasteiger partial charge in [-0.15, -0.1) is 0 Å². The second-order valence-electron chi connectivity index (χ2n) is 8.36. The van der Waals surface area contributed by atoms with Crippen LogP contribution in [0.25, 0.3) is 0 Å². The van der Waals surface area contributed by atoms with E-state index in [0.717, 1.165) is 24.0 Å². The molecule has 1 fully saturated rings. The average molecular weight is 400 g/mol. The van der Waals surface area contributed by atoms with Crippen molar-refractivity contribution < 1.29 is 9.90 Å². The highest BCUT2D eigenvalue weighted by molar-refractivity contribution is 5.78. The zero-order chi connectivity index (χ0) is 20.8. The zero-order valence-electron chi connectivity index (χ0n) is 17.3. The Morgan fingerprint density at radius 1 is 0.867 bits per heavy atom. The summed E-state index contributed by atoms with van der Waals surface area (Å²) >= 11 is 0. The number of phenols is 1. The van der Waals surface area contributed by atoms with Crippen LogP contribution in [-0.4, -0.2) is 17.6 Å². The molecule has 3 heteroatoms. The number of amides is 1. The van der Waals surface area contributed by atoms with Crippen LogP contribution in [0.5, 0.6) is 5.75 Å². The number of carbonyl (C=O) groups is 1. The van der Waals surface area contributed by atoms with E-state index in [2.05, 4.69) is 29.6 Å². The summed E-state index contributed by atoms with van der Waals surface area (Å²) in [6.45, 7) is 0.665. The quantitative estimate of drug-likeness (QED) is 0.548. The van der Waals surface area contributed by atoms with Crippen molar-refractivity contribution in [1.29, 1.82) is 0 Å². The molecular weight excluding hydrogens is 370 g/mol. The van der Waals surface area contributed by atoms with Gasteiger partial charge in [-0.05, 0) is 30.0 Å². The van der Waals surface area contributed by atoms with E-state index in [-0.39, 0.29) is 23.0 Å². The van der Waals surface area contributed by atoms with E-state index < -0.39 is 0 Å². The number of hydrogen-bond acceptors (Lipinski definition) is 2. The summed E-state index contributed by atoms with van der Waals surface area (Å²) in [6.07, 6.45) is 4.94. The van der Waals surface area contributed by atoms with Crippen LogP contribution in [0.15, 0.2) is 84.9 Å². The fraction of sp³-hybridized carbons (Fsp3) is 0.296. The number of phenolic OH excluding ortho intramolecular Hbond substituents is 1. The predicted molar refractivity (Wildman–Crippen MR) is 121 cm³/mol. The summed E-state index contributed by atoms with van der Waals surface area (Å²) in [5.41, 5.74) is 3.18. The molecule has 0 aromatic heterocycles. The van der Waals surface area contributed by atoms with Crippen molar-refractivity contribution in [2.24, 2.45) is 0 Å². The smallest absolute Gasteiger partial charge is 0.220 e. The van der Waals surface area contributed by atoms with Gasteiger partial charge in [0.25, 0.3) is 0 Å². The second kappa shape index (κ2) is 9.17. The van der Waals surface area contributed by atoms with Gasteiger partial charge in [0.1, 0.15) is 5.75 Å². The molecule has 1 amide bonds. The third kappa shape index (κ3) is 4.40. The highest BCUT2D eigenvalue weighted by Crippen LogP contribution is 2.40. The van der Waals surface area contributed by atoms with Crippen molar-refractivity contribution in [3.8, 4) is 5.75 Å². The highest BCUT2D eigenvalue weighted by atomic mass is 16.3. The topological polar surface area (TPSA) is 49.3 Å². The van der Waals surface area contributed by atoms with E-state index in [9.17, 15) is 9.90 Å². The first kappa shape index (κ1) is 20.2. The molecule has 3 aromatic rings. The molecule has 0 spiro atoms. The molecule has 2 N–H and O–H groups in total. The molecule has 1 unspecified atom stereocenters. The van der Waals surface area contributed by atoms with Crippen molar-refractivity contribution in [2.75, 3.05) is 6.54 Å². The van der Waals surface area contributed by atoms with Crippen LogP contribution in [0, 0.1) is 0 Å². The molecule has 4 rings (SSSR count). The van der Waals surface area contributed by atoms with Crippen molar-refractivity contribution in [3.05, 3.63) is 102 Å². The maximum atomic E-state index is 13.0. The Kier molecular flexibility index (Phi) is 6.18. The summed E-state index contributed by atoms with van der Waals surface area (Å²) in [4.78, 5) is 13.0. The van der Waals surface area contributed by atoms with Gasteiger partial charge in [-0.1, -0.05) is 91.7 Å². The molecule has 0 heterocycles. The minimum absolute atomic E-state index is 0.0225. The lowest BCUT2D eigenvalue weighted by Crippen LogP contribution is -2.39. The van der Waals surface area contributed by atoms with Crippen LogP contribution >= 0.6 is 0 Å². The number of benzene rings is 3. The van der Waals surface area contributed by atoms with Crippen LogP contribution in [0.3, 0.4) is 0 Å². The van der Waals surface area contributed by atoms with E-state index in [1.807, 2.05) is 54.6 Å². The molecule has 0 aliphatic heterocycles. The molecule has 0 bridgehead atoms. The Morgan fingerprint density at radius 2 is 1.47 bits per heavy atom. The number of nitrogens with one attached hydrogen (secondary N) is 1. The first-order chi connectivity index (χ1) is 14.7. The first-order valence-electron chi connectivity index (χ1n) is 10.8. The molecular formula is C27H29NO2. The summed E-state index contributed by atoms with van der Waals surface area (Å²) in [7, 11) is 0. The van der Waals surface area contributed by atoms with E-state index >= 15 is 0 Å².